The van der Waals surface area contributed by atoms with Crippen LogP contribution in [0, 0.1) is 0 Å². The minimum absolute atomic E-state index is 0.148. The van der Waals surface area contributed by atoms with E-state index < -0.39 is 0 Å². The van der Waals surface area contributed by atoms with Gasteiger partial charge in [0.15, 0.2) is 11.5 Å². The summed E-state index contributed by atoms with van der Waals surface area (Å²) in [5.41, 5.74) is 0.582. The largest absolute Gasteiger partial charge is 0.493 e. The van der Waals surface area contributed by atoms with Crippen LogP contribution in [0.4, 0.5) is 0 Å². The molecule has 3 rings (SSSR count). The first-order chi connectivity index (χ1) is 14.8. The molecule has 0 aliphatic rings. The molecule has 6 heteroatoms. The summed E-state index contributed by atoms with van der Waals surface area (Å²) >= 11 is 1.75. The Balaban J connectivity index is 1.36. The van der Waals surface area contributed by atoms with E-state index in [-0.39, 0.29) is 5.91 Å². The van der Waals surface area contributed by atoms with Crippen molar-refractivity contribution in [2.24, 2.45) is 0 Å². The number of thioether (sulfide) groups is 1. The molecule has 30 heavy (non-hydrogen) atoms. The highest BCUT2D eigenvalue weighted by Crippen LogP contribution is 2.25. The van der Waals surface area contributed by atoms with Gasteiger partial charge < -0.3 is 19.5 Å². The zero-order chi connectivity index (χ0) is 21.0. The number of benzene rings is 3. The fourth-order valence-corrected chi connectivity index (χ4v) is 3.46. The fraction of sp³-hybridized carbons (Fsp3) is 0.208. The van der Waals surface area contributed by atoms with E-state index in [1.54, 1.807) is 31.0 Å². The smallest absolute Gasteiger partial charge is 0.251 e. The SMILES string of the molecule is COc1ccccc1OCCNC(=O)c1ccc(OCCSc2ccccc2)cc1. The van der Waals surface area contributed by atoms with Gasteiger partial charge in [0.1, 0.15) is 12.4 Å². The zero-order valence-corrected chi connectivity index (χ0v) is 17.7. The van der Waals surface area contributed by atoms with E-state index in [1.807, 2.05) is 54.6 Å². The first-order valence-corrected chi connectivity index (χ1v) is 10.7. The third kappa shape index (κ3) is 6.74. The van der Waals surface area contributed by atoms with E-state index in [2.05, 4.69) is 17.4 Å². The lowest BCUT2D eigenvalue weighted by Crippen LogP contribution is -2.28. The number of carbonyl (C=O) groups excluding carboxylic acids is 1. The molecule has 3 aromatic carbocycles. The Morgan fingerprint density at radius 1 is 0.833 bits per heavy atom. The number of amides is 1. The molecule has 0 aliphatic heterocycles. The van der Waals surface area contributed by atoms with Gasteiger partial charge in [-0.1, -0.05) is 30.3 Å². The van der Waals surface area contributed by atoms with Crippen LogP contribution in [0.1, 0.15) is 10.4 Å². The maximum Gasteiger partial charge on any atom is 0.251 e. The van der Waals surface area contributed by atoms with Gasteiger partial charge in [-0.2, -0.15) is 0 Å². The predicted molar refractivity (Wildman–Crippen MR) is 120 cm³/mol. The number of hydrogen-bond acceptors (Lipinski definition) is 5. The van der Waals surface area contributed by atoms with E-state index in [4.69, 9.17) is 14.2 Å². The Labute approximate surface area is 181 Å². The van der Waals surface area contributed by atoms with E-state index in [1.165, 1.54) is 4.90 Å². The van der Waals surface area contributed by atoms with E-state index in [0.29, 0.717) is 36.8 Å². The molecule has 1 N–H and O–H groups in total. The molecule has 0 radical (unpaired) electrons. The number of rotatable bonds is 11. The van der Waals surface area contributed by atoms with Crippen LogP contribution in [0.25, 0.3) is 0 Å². The van der Waals surface area contributed by atoms with Gasteiger partial charge in [-0.25, -0.2) is 0 Å². The number of methoxy groups -OCH3 is 1. The van der Waals surface area contributed by atoms with Crippen LogP contribution in [0.5, 0.6) is 17.2 Å². The maximum atomic E-state index is 12.3. The Hall–Kier alpha value is -3.12. The quantitative estimate of drug-likeness (QED) is 0.359. The van der Waals surface area contributed by atoms with Crippen LogP contribution in [-0.2, 0) is 0 Å². The average Bonchev–Trinajstić information content (AvgIpc) is 2.81. The fourth-order valence-electron chi connectivity index (χ4n) is 2.70. The second-order valence-corrected chi connectivity index (χ2v) is 7.46. The average molecular weight is 424 g/mol. The molecule has 0 aromatic heterocycles. The summed E-state index contributed by atoms with van der Waals surface area (Å²) in [5, 5.41) is 2.85. The molecule has 0 heterocycles. The van der Waals surface area contributed by atoms with Crippen LogP contribution in [0.3, 0.4) is 0 Å². The first-order valence-electron chi connectivity index (χ1n) is 9.71. The van der Waals surface area contributed by atoms with Crippen LogP contribution in [-0.4, -0.2) is 38.5 Å². The Bertz CT molecular complexity index is 916. The van der Waals surface area contributed by atoms with Crippen molar-refractivity contribution in [3.05, 3.63) is 84.4 Å². The second kappa shape index (κ2) is 11.8. The van der Waals surface area contributed by atoms with Gasteiger partial charge in [0.2, 0.25) is 0 Å². The Morgan fingerprint density at radius 3 is 2.27 bits per heavy atom. The number of ether oxygens (including phenoxy) is 3. The summed E-state index contributed by atoms with van der Waals surface area (Å²) in [6.45, 7) is 1.35. The van der Waals surface area contributed by atoms with Gasteiger partial charge in [0.25, 0.3) is 5.91 Å². The molecule has 5 nitrogen and oxygen atoms in total. The highest BCUT2D eigenvalue weighted by Gasteiger charge is 2.06. The lowest BCUT2D eigenvalue weighted by atomic mass is 10.2. The molecule has 0 spiro atoms. The molecule has 3 aromatic rings. The molecular formula is C24H25NO4S. The van der Waals surface area contributed by atoms with Crippen LogP contribution >= 0.6 is 11.8 Å². The topological polar surface area (TPSA) is 56.8 Å². The van der Waals surface area contributed by atoms with Gasteiger partial charge in [0.05, 0.1) is 20.3 Å². The molecule has 0 atom stereocenters. The van der Waals surface area contributed by atoms with Crippen molar-refractivity contribution in [3.8, 4) is 17.2 Å². The van der Waals surface area contributed by atoms with Gasteiger partial charge in [-0.15, -0.1) is 11.8 Å². The summed E-state index contributed by atoms with van der Waals surface area (Å²) in [5.74, 6) is 2.78. The van der Waals surface area contributed by atoms with Gasteiger partial charge >= 0.3 is 0 Å². The lowest BCUT2D eigenvalue weighted by Gasteiger charge is -2.11. The van der Waals surface area contributed by atoms with Crippen LogP contribution < -0.4 is 19.5 Å². The molecule has 0 saturated carbocycles. The Morgan fingerprint density at radius 2 is 1.53 bits per heavy atom. The summed E-state index contributed by atoms with van der Waals surface area (Å²) in [4.78, 5) is 13.5. The molecule has 0 bridgehead atoms. The van der Waals surface area contributed by atoms with Crippen LogP contribution in [0.2, 0.25) is 0 Å². The lowest BCUT2D eigenvalue weighted by molar-refractivity contribution is 0.0947. The summed E-state index contributed by atoms with van der Waals surface area (Å²) in [6.07, 6.45) is 0. The normalized spacial score (nSPS) is 10.3. The third-order valence-electron chi connectivity index (χ3n) is 4.19. The number of para-hydroxylation sites is 2. The summed E-state index contributed by atoms with van der Waals surface area (Å²) in [6, 6.07) is 24.8. The van der Waals surface area contributed by atoms with Gasteiger partial charge in [-0.05, 0) is 48.5 Å². The van der Waals surface area contributed by atoms with Gasteiger partial charge in [-0.3, -0.25) is 4.79 Å². The monoisotopic (exact) mass is 423 g/mol. The van der Waals surface area contributed by atoms with Crippen molar-refractivity contribution in [3.63, 3.8) is 0 Å². The van der Waals surface area contributed by atoms with Gasteiger partial charge in [0, 0.05) is 16.2 Å². The highest BCUT2D eigenvalue weighted by atomic mass is 32.2. The number of hydrogen-bond donors (Lipinski definition) is 1. The van der Waals surface area contributed by atoms with Crippen molar-refractivity contribution in [1.29, 1.82) is 0 Å². The predicted octanol–water partition coefficient (Wildman–Crippen LogP) is 4.68. The molecule has 0 fully saturated rings. The summed E-state index contributed by atoms with van der Waals surface area (Å²) in [7, 11) is 1.60. The molecule has 1 amide bonds. The Kier molecular flexibility index (Phi) is 8.47. The molecular weight excluding hydrogens is 398 g/mol. The van der Waals surface area contributed by atoms with Crippen molar-refractivity contribution in [2.45, 2.75) is 4.90 Å². The van der Waals surface area contributed by atoms with Crippen molar-refractivity contribution in [1.82, 2.24) is 5.32 Å². The number of nitrogens with one attached hydrogen (secondary N) is 1. The second-order valence-electron chi connectivity index (χ2n) is 6.29. The van der Waals surface area contributed by atoms with Crippen molar-refractivity contribution in [2.75, 3.05) is 32.6 Å². The zero-order valence-electron chi connectivity index (χ0n) is 16.9. The number of carbonyl (C=O) groups is 1. The molecule has 0 unspecified atom stereocenters. The van der Waals surface area contributed by atoms with E-state index in [9.17, 15) is 4.79 Å². The first kappa shape index (κ1) is 21.6. The third-order valence-corrected chi connectivity index (χ3v) is 5.17. The molecule has 156 valence electrons. The van der Waals surface area contributed by atoms with Crippen molar-refractivity contribution >= 4 is 17.7 Å². The van der Waals surface area contributed by atoms with Crippen LogP contribution in [0.15, 0.2) is 83.8 Å². The minimum Gasteiger partial charge on any atom is -0.493 e. The van der Waals surface area contributed by atoms with E-state index >= 15 is 0 Å². The molecule has 0 saturated heterocycles. The molecule has 0 aliphatic carbocycles. The van der Waals surface area contributed by atoms with E-state index in [0.717, 1.165) is 11.5 Å². The standard InChI is InChI=1S/C24H25NO4S/c1-27-22-9-5-6-10-23(22)29-16-15-25-24(26)19-11-13-20(14-12-19)28-17-18-30-21-7-3-2-4-8-21/h2-14H,15-18H2,1H3,(H,25,26). The highest BCUT2D eigenvalue weighted by molar-refractivity contribution is 7.99. The van der Waals surface area contributed by atoms with Crippen molar-refractivity contribution < 1.29 is 19.0 Å². The maximum absolute atomic E-state index is 12.3. The minimum atomic E-state index is -0.148. The summed E-state index contributed by atoms with van der Waals surface area (Å²) < 4.78 is 16.6.